The monoisotopic (exact) mass is 360 g/mol. The molecule has 148 valence electrons. The highest BCUT2D eigenvalue weighted by atomic mass is 16.7. The third-order valence-corrected chi connectivity index (χ3v) is 5.42. The van der Waals surface area contributed by atoms with Gasteiger partial charge in [-0.25, -0.2) is 0 Å². The maximum atomic E-state index is 6.14. The summed E-state index contributed by atoms with van der Waals surface area (Å²) in [5, 5.41) is 0. The van der Waals surface area contributed by atoms with Gasteiger partial charge < -0.3 is 9.47 Å². The van der Waals surface area contributed by atoms with Crippen molar-refractivity contribution in [3.8, 4) is 5.75 Å². The fraction of sp³-hybridized carbons (Fsp3) is 0.750. The first-order valence-electron chi connectivity index (χ1n) is 10.7. The van der Waals surface area contributed by atoms with Gasteiger partial charge in [0, 0.05) is 5.92 Å². The summed E-state index contributed by atoms with van der Waals surface area (Å²) in [5.74, 6) is 2.13. The largest absolute Gasteiger partial charge is 0.465 e. The van der Waals surface area contributed by atoms with Crippen LogP contribution in [-0.2, 0) is 11.2 Å². The summed E-state index contributed by atoms with van der Waals surface area (Å²) in [5.41, 5.74) is 1.76. The Bertz CT molecular complexity index is 492. The van der Waals surface area contributed by atoms with Crippen molar-refractivity contribution in [3.63, 3.8) is 0 Å². The maximum absolute atomic E-state index is 6.14. The van der Waals surface area contributed by atoms with E-state index in [-0.39, 0.29) is 6.29 Å². The van der Waals surface area contributed by atoms with Gasteiger partial charge in [0.15, 0.2) is 0 Å². The second-order valence-corrected chi connectivity index (χ2v) is 9.60. The minimum atomic E-state index is -0.154. The predicted molar refractivity (Wildman–Crippen MR) is 111 cm³/mol. The molecule has 1 aromatic rings. The molecule has 1 unspecified atom stereocenters. The summed E-state index contributed by atoms with van der Waals surface area (Å²) in [7, 11) is 0. The van der Waals surface area contributed by atoms with E-state index in [1.165, 1.54) is 50.5 Å². The molecule has 1 fully saturated rings. The van der Waals surface area contributed by atoms with Gasteiger partial charge in [0.2, 0.25) is 6.29 Å². The molecular formula is C24H40O2. The second-order valence-electron chi connectivity index (χ2n) is 9.60. The predicted octanol–water partition coefficient (Wildman–Crippen LogP) is 7.01. The Morgan fingerprint density at radius 2 is 1.65 bits per heavy atom. The fourth-order valence-corrected chi connectivity index (χ4v) is 3.58. The Labute approximate surface area is 161 Å². The normalized spacial score (nSPS) is 17.5. The summed E-state index contributed by atoms with van der Waals surface area (Å²) >= 11 is 0. The van der Waals surface area contributed by atoms with Gasteiger partial charge in [-0.3, -0.25) is 0 Å². The van der Waals surface area contributed by atoms with Gasteiger partial charge in [-0.15, -0.1) is 0 Å². The lowest BCUT2D eigenvalue weighted by atomic mass is 9.87. The summed E-state index contributed by atoms with van der Waals surface area (Å²) in [4.78, 5) is 0. The number of hydrogen-bond acceptors (Lipinski definition) is 2. The lowest BCUT2D eigenvalue weighted by Gasteiger charge is -2.25. The Kier molecular flexibility index (Phi) is 8.47. The molecule has 0 spiro atoms. The van der Waals surface area contributed by atoms with Gasteiger partial charge in [0.1, 0.15) is 5.75 Å². The van der Waals surface area contributed by atoms with Crippen LogP contribution in [0.1, 0.15) is 85.1 Å². The minimum absolute atomic E-state index is 0.154. The van der Waals surface area contributed by atoms with Crippen molar-refractivity contribution >= 4 is 0 Å². The molecule has 0 aromatic heterocycles. The van der Waals surface area contributed by atoms with Gasteiger partial charge >= 0.3 is 0 Å². The SMILES string of the molecule is CC(C)C(OCCC1CCCCC1)Oc1ccc(CCC(C)(C)C)cc1. The van der Waals surface area contributed by atoms with Gasteiger partial charge in [-0.2, -0.15) is 0 Å². The van der Waals surface area contributed by atoms with Crippen molar-refractivity contribution in [2.75, 3.05) is 6.61 Å². The van der Waals surface area contributed by atoms with E-state index < -0.39 is 0 Å². The molecule has 0 aliphatic heterocycles. The van der Waals surface area contributed by atoms with Crippen molar-refractivity contribution < 1.29 is 9.47 Å². The zero-order valence-corrected chi connectivity index (χ0v) is 17.7. The van der Waals surface area contributed by atoms with Crippen LogP contribution in [0.2, 0.25) is 0 Å². The molecule has 0 heterocycles. The fourth-order valence-electron chi connectivity index (χ4n) is 3.58. The number of ether oxygens (including phenoxy) is 2. The smallest absolute Gasteiger partial charge is 0.202 e. The third kappa shape index (κ3) is 8.12. The van der Waals surface area contributed by atoms with Crippen LogP contribution < -0.4 is 4.74 Å². The first kappa shape index (κ1) is 21.3. The van der Waals surface area contributed by atoms with E-state index in [4.69, 9.17) is 9.47 Å². The molecule has 1 aliphatic rings. The van der Waals surface area contributed by atoms with Crippen LogP contribution in [0.5, 0.6) is 5.75 Å². The van der Waals surface area contributed by atoms with Gasteiger partial charge in [-0.05, 0) is 48.3 Å². The standard InChI is InChI=1S/C24H40O2/c1-19(2)23(25-18-16-20-9-7-6-8-10-20)26-22-13-11-21(12-14-22)15-17-24(3,4)5/h11-14,19-20,23H,6-10,15-18H2,1-5H3. The zero-order valence-electron chi connectivity index (χ0n) is 17.7. The highest BCUT2D eigenvalue weighted by Gasteiger charge is 2.18. The summed E-state index contributed by atoms with van der Waals surface area (Å²) in [6, 6.07) is 8.58. The molecule has 1 aromatic carbocycles. The van der Waals surface area contributed by atoms with Crippen LogP contribution in [0.4, 0.5) is 0 Å². The van der Waals surface area contributed by atoms with E-state index in [1.807, 2.05) is 0 Å². The van der Waals surface area contributed by atoms with Crippen molar-refractivity contribution in [2.24, 2.45) is 17.3 Å². The van der Waals surface area contributed by atoms with Crippen molar-refractivity contribution in [1.82, 2.24) is 0 Å². The topological polar surface area (TPSA) is 18.5 Å². The van der Waals surface area contributed by atoms with Crippen LogP contribution in [0, 0.1) is 17.3 Å². The molecule has 26 heavy (non-hydrogen) atoms. The molecule has 0 amide bonds. The Balaban J connectivity index is 1.78. The van der Waals surface area contributed by atoms with E-state index >= 15 is 0 Å². The lowest BCUT2D eigenvalue weighted by Crippen LogP contribution is -2.27. The molecule has 1 aliphatic carbocycles. The van der Waals surface area contributed by atoms with Crippen LogP contribution in [0.3, 0.4) is 0 Å². The van der Waals surface area contributed by atoms with Gasteiger partial charge in [0.25, 0.3) is 0 Å². The maximum Gasteiger partial charge on any atom is 0.202 e. The van der Waals surface area contributed by atoms with Crippen LogP contribution in [0.25, 0.3) is 0 Å². The molecular weight excluding hydrogens is 320 g/mol. The number of hydrogen-bond donors (Lipinski definition) is 0. The molecule has 0 saturated heterocycles. The molecule has 0 N–H and O–H groups in total. The molecule has 2 heteroatoms. The molecule has 1 atom stereocenters. The summed E-state index contributed by atoms with van der Waals surface area (Å²) in [6.45, 7) is 12.0. The Morgan fingerprint density at radius 1 is 1.00 bits per heavy atom. The minimum Gasteiger partial charge on any atom is -0.465 e. The second kappa shape index (κ2) is 10.3. The first-order chi connectivity index (χ1) is 12.3. The van der Waals surface area contributed by atoms with Crippen molar-refractivity contribution in [2.45, 2.75) is 92.3 Å². The van der Waals surface area contributed by atoms with Crippen molar-refractivity contribution in [3.05, 3.63) is 29.8 Å². The molecule has 2 nitrogen and oxygen atoms in total. The van der Waals surface area contributed by atoms with E-state index in [1.54, 1.807) is 0 Å². The highest BCUT2D eigenvalue weighted by molar-refractivity contribution is 5.27. The highest BCUT2D eigenvalue weighted by Crippen LogP contribution is 2.27. The summed E-state index contributed by atoms with van der Waals surface area (Å²) in [6.07, 6.45) is 10.3. The third-order valence-electron chi connectivity index (χ3n) is 5.42. The molecule has 1 saturated carbocycles. The average Bonchev–Trinajstić information content (AvgIpc) is 2.60. The quantitative estimate of drug-likeness (QED) is 0.441. The van der Waals surface area contributed by atoms with Gasteiger partial charge in [0.05, 0.1) is 6.61 Å². The first-order valence-corrected chi connectivity index (χ1v) is 10.7. The van der Waals surface area contributed by atoms with E-state index in [2.05, 4.69) is 58.9 Å². The van der Waals surface area contributed by atoms with E-state index in [9.17, 15) is 0 Å². The van der Waals surface area contributed by atoms with Crippen LogP contribution in [-0.4, -0.2) is 12.9 Å². The molecule has 0 bridgehead atoms. The lowest BCUT2D eigenvalue weighted by molar-refractivity contribution is -0.111. The Hall–Kier alpha value is -1.02. The van der Waals surface area contributed by atoms with Crippen LogP contribution in [0.15, 0.2) is 24.3 Å². The zero-order chi connectivity index (χ0) is 19.0. The Morgan fingerprint density at radius 3 is 2.23 bits per heavy atom. The number of benzene rings is 1. The number of rotatable bonds is 9. The summed E-state index contributed by atoms with van der Waals surface area (Å²) < 4.78 is 12.3. The number of aryl methyl sites for hydroxylation is 1. The van der Waals surface area contributed by atoms with E-state index in [0.29, 0.717) is 11.3 Å². The molecule has 2 rings (SSSR count). The van der Waals surface area contributed by atoms with Gasteiger partial charge in [-0.1, -0.05) is 78.9 Å². The van der Waals surface area contributed by atoms with Crippen molar-refractivity contribution in [1.29, 1.82) is 0 Å². The van der Waals surface area contributed by atoms with E-state index in [0.717, 1.165) is 24.7 Å². The average molecular weight is 361 g/mol. The van der Waals surface area contributed by atoms with Crippen LogP contribution >= 0.6 is 0 Å². The molecule has 0 radical (unpaired) electrons.